The standard InChI is InChI=1S/C96H126N18O24S2/c1-55(79(97)122)100-82(125)65-32-33-75(116)98-39-21-17-30-64-83(126)108-73-52-113(51-72(73)102-66(46-60-34-42-139-53-60)84(127)107-69(86(129)104-65)47-62-54-140-74-31-16-15-29-63(62)74)93(137)138-41-22-11-7-6-8-18-35-95(36-19-9-10-20-37-96(38-24-40-114(96)57(3)115)92(136)110-70(48-77(118)119)81(124)99-50-76(117)111-95)91(135)109-71(49-78(120)121)87(130)106-68(45-59-27-23-28-61(43-59)89(132)133)88(131)112-94(4,5)90(134)101-56(2)80(123)105-67(85(128)103-64)44-58-25-13-12-14-26-58/h6-7,10,12-16,20,23,25-29,31,34,42-43,53-56,64-73,76,102,111,117H,8-9,11,17-19,21-22,24,30,32-33,35-41,44-52H2,1-5H3,(H2,97,122)(H,98,116)(H,99,124)(H,100,125)(H,101,134)(H,103,128)(H,104,129)(H,105,123)(H,106,130)(H,107,127)(H,108,126)(H,109,135)(H,110,136)(H,112,131)(H,118,119)(H,120,121)(H,132,133)/b7-6?,20-10-/t55-,56-,64-,65-,66-,67-,68-,69-,70-,71-,72?,73+,76?,95+,96-/m0/s1. The van der Waals surface area contributed by atoms with E-state index in [4.69, 9.17) is 10.5 Å². The van der Waals surface area contributed by atoms with Crippen LogP contribution < -0.4 is 85.5 Å². The van der Waals surface area contributed by atoms with Crippen LogP contribution in [0.3, 0.4) is 0 Å². The van der Waals surface area contributed by atoms with Crippen molar-refractivity contribution >= 4 is 145 Å². The van der Waals surface area contributed by atoms with Crippen LogP contribution in [0.2, 0.25) is 0 Å². The number of benzene rings is 3. The SMILES string of the molecule is CC(=O)N1CCC[C@]12C/C=C\CCC[C@@]1(CCCC=CCCCOC(=O)N3CC4N[C@@H](Cc5ccsc5)C(=O)N[C@@H](Cc5csc6ccccc56)C(=O)N[C@H](C(=O)N[C@@H](C)C(N)=O)CCC(=O)NCCCC[C@H](NC(=O)[C@H](Cc5ccccc5)NC(=O)[C@H](C)NC(=O)C(C)(C)NC(=O)[C@H](Cc5cccc(C(=O)O)c5)NC(=O)[C@H](CC(=O)O)NC1=O)C(=O)N[C@@H]4C3)NC(O)CNC(=O)[C@H](CC(=O)O)NC2=O. The molecule has 15 atom stereocenters. The van der Waals surface area contributed by atoms with Gasteiger partial charge in [-0.05, 0) is 198 Å². The van der Waals surface area contributed by atoms with Gasteiger partial charge in [0.1, 0.15) is 71.7 Å². The lowest BCUT2D eigenvalue weighted by molar-refractivity contribution is -0.146. The second kappa shape index (κ2) is 51.4. The normalized spacial score (nSPS) is 27.0. The molecule has 16 amide bonds. The number of allylic oxidation sites excluding steroid dienone is 3. The monoisotopic (exact) mass is 1980 g/mol. The summed E-state index contributed by atoms with van der Waals surface area (Å²) in [6.45, 7) is 4.94. The first-order chi connectivity index (χ1) is 66.7. The van der Waals surface area contributed by atoms with Crippen molar-refractivity contribution in [2.45, 2.75) is 271 Å². The fraction of sp³-hybridized carbons (Fsp3) is 0.510. The summed E-state index contributed by atoms with van der Waals surface area (Å²) in [5, 5.41) is 89.9. The fourth-order valence-electron chi connectivity index (χ4n) is 17.5. The average molecular weight is 1980 g/mol. The molecule has 0 radical (unpaired) electrons. The Morgan fingerprint density at radius 2 is 1.19 bits per heavy atom. The number of nitrogens with one attached hydrogen (secondary N) is 15. The number of carboxylic acids is 3. The number of rotatable bonds is 16. The minimum absolute atomic E-state index is 0.0253. The zero-order valence-corrected chi connectivity index (χ0v) is 80.3. The van der Waals surface area contributed by atoms with Crippen molar-refractivity contribution in [2.24, 2.45) is 5.73 Å². The maximum Gasteiger partial charge on any atom is 0.409 e. The number of aromatic carboxylic acids is 1. The minimum Gasteiger partial charge on any atom is -0.481 e. The van der Waals surface area contributed by atoms with Gasteiger partial charge < -0.3 is 110 Å². The van der Waals surface area contributed by atoms with E-state index in [1.54, 1.807) is 71.5 Å². The zero-order valence-electron chi connectivity index (χ0n) is 78.7. The third-order valence-corrected chi connectivity index (χ3v) is 27.0. The van der Waals surface area contributed by atoms with Crippen LogP contribution in [0.5, 0.6) is 0 Å². The van der Waals surface area contributed by atoms with Crippen molar-refractivity contribution in [3.05, 3.63) is 153 Å². The van der Waals surface area contributed by atoms with Crippen molar-refractivity contribution in [3.8, 4) is 0 Å². The van der Waals surface area contributed by atoms with Gasteiger partial charge in [-0.15, -0.1) is 11.3 Å². The van der Waals surface area contributed by atoms with Crippen molar-refractivity contribution in [3.63, 3.8) is 0 Å². The number of carbonyl (C=O) groups excluding carboxylic acids is 16. The van der Waals surface area contributed by atoms with Crippen LogP contribution in [0.15, 0.2) is 125 Å². The molecule has 756 valence electrons. The summed E-state index contributed by atoms with van der Waals surface area (Å²) < 4.78 is 6.80. The van der Waals surface area contributed by atoms with Gasteiger partial charge in [0, 0.05) is 69.5 Å². The third kappa shape index (κ3) is 31.2. The summed E-state index contributed by atoms with van der Waals surface area (Å²) in [4.78, 5) is 274. The van der Waals surface area contributed by atoms with Gasteiger partial charge in [-0.1, -0.05) is 85.0 Å². The molecule has 0 saturated carbocycles. The van der Waals surface area contributed by atoms with Crippen LogP contribution in [0, 0.1) is 0 Å². The number of nitrogens with two attached hydrogens (primary N) is 1. The molecule has 44 heteroatoms. The van der Waals surface area contributed by atoms with E-state index in [0.717, 1.165) is 10.1 Å². The van der Waals surface area contributed by atoms with Gasteiger partial charge in [0.2, 0.25) is 88.6 Å². The highest BCUT2D eigenvalue weighted by molar-refractivity contribution is 7.17. The molecule has 3 saturated heterocycles. The Morgan fingerprint density at radius 3 is 1.87 bits per heavy atom. The number of fused-ring (bicyclic) bond motifs is 4. The van der Waals surface area contributed by atoms with E-state index >= 15 is 33.6 Å². The number of aliphatic hydroxyl groups excluding tert-OH is 1. The van der Waals surface area contributed by atoms with Crippen LogP contribution in [0.1, 0.15) is 183 Å². The van der Waals surface area contributed by atoms with E-state index in [1.165, 1.54) is 91.4 Å². The Morgan fingerprint density at radius 1 is 0.571 bits per heavy atom. The number of hydrogen-bond acceptors (Lipinski definition) is 25. The second-order valence-corrected chi connectivity index (χ2v) is 38.1. The Balaban J connectivity index is 1.02. The van der Waals surface area contributed by atoms with Crippen molar-refractivity contribution in [2.75, 3.05) is 39.3 Å². The van der Waals surface area contributed by atoms with Crippen LogP contribution in [0.25, 0.3) is 10.1 Å². The number of likely N-dealkylation sites (tertiary alicyclic amines) is 1. The summed E-state index contributed by atoms with van der Waals surface area (Å²) in [7, 11) is 0. The Labute approximate surface area is 816 Å². The summed E-state index contributed by atoms with van der Waals surface area (Å²) in [6, 6.07) is 4.75. The quantitative estimate of drug-likeness (QED) is 0.0608. The molecule has 5 aliphatic heterocycles. The molecule has 2 aromatic heterocycles. The largest absolute Gasteiger partial charge is 0.481 e. The van der Waals surface area contributed by atoms with Gasteiger partial charge in [-0.25, -0.2) is 9.59 Å². The first kappa shape index (κ1) is 108. The number of carboxylic acid groups (broad SMARTS) is 3. The Hall–Kier alpha value is -13.6. The number of ether oxygens (including phenoxy) is 1. The number of aliphatic carboxylic acids is 2. The molecular formula is C96H126N18O24S2. The van der Waals surface area contributed by atoms with Crippen LogP contribution in [-0.2, 0) is 112 Å². The van der Waals surface area contributed by atoms with Crippen molar-refractivity contribution in [1.29, 1.82) is 0 Å². The molecule has 3 bridgehead atoms. The molecule has 42 nitrogen and oxygen atoms in total. The molecule has 10 rings (SSSR count). The van der Waals surface area contributed by atoms with Gasteiger partial charge in [0.15, 0.2) is 0 Å². The number of primary amides is 1. The topological polar surface area (TPSA) is 627 Å². The Kier molecular flexibility index (Phi) is 39.8. The number of carbonyl (C=O) groups is 19. The summed E-state index contributed by atoms with van der Waals surface area (Å²) in [6.07, 6.45) is 1.18. The smallest absolute Gasteiger partial charge is 0.409 e. The van der Waals surface area contributed by atoms with Crippen molar-refractivity contribution in [1.82, 2.24) is 89.6 Å². The van der Waals surface area contributed by atoms with Gasteiger partial charge in [-0.3, -0.25) is 92.1 Å². The third-order valence-electron chi connectivity index (χ3n) is 25.3. The molecule has 140 heavy (non-hydrogen) atoms. The number of β-amino-alcohol motifs (C(OH)–C–C–N with tert-alkyl or cyclic N) is 1. The number of amides is 16. The van der Waals surface area contributed by atoms with Gasteiger partial charge in [0.25, 0.3) is 0 Å². The van der Waals surface area contributed by atoms with E-state index in [0.29, 0.717) is 23.1 Å². The van der Waals surface area contributed by atoms with Gasteiger partial charge >= 0.3 is 24.0 Å². The van der Waals surface area contributed by atoms with Crippen molar-refractivity contribution < 1.29 is 116 Å². The summed E-state index contributed by atoms with van der Waals surface area (Å²) in [5.74, 6) is -18.2. The van der Waals surface area contributed by atoms with Crippen LogP contribution in [-0.4, -0.2) is 278 Å². The van der Waals surface area contributed by atoms with Crippen LogP contribution >= 0.6 is 22.7 Å². The van der Waals surface area contributed by atoms with Gasteiger partial charge in [-0.2, -0.15) is 11.3 Å². The predicted octanol–water partition coefficient (Wildman–Crippen LogP) is 0.803. The van der Waals surface area contributed by atoms with E-state index in [1.807, 2.05) is 29.6 Å². The lowest BCUT2D eigenvalue weighted by Crippen LogP contribution is -2.65. The number of hydrogen-bond donors (Lipinski definition) is 20. The van der Waals surface area contributed by atoms with E-state index in [2.05, 4.69) is 79.8 Å². The molecule has 3 fully saturated rings. The van der Waals surface area contributed by atoms with Crippen LogP contribution in [0.4, 0.5) is 4.79 Å². The highest BCUT2D eigenvalue weighted by Gasteiger charge is 2.51. The molecule has 7 heterocycles. The zero-order chi connectivity index (χ0) is 102. The number of cyclic esters (lactones) is 1. The molecule has 0 aliphatic carbocycles. The maximum atomic E-state index is 15.7. The first-order valence-corrected chi connectivity index (χ1v) is 48.7. The average Bonchev–Trinajstić information content (AvgIpc) is 1.61. The summed E-state index contributed by atoms with van der Waals surface area (Å²) in [5.41, 5.74) is 1.52. The Bertz CT molecular complexity index is 5390. The first-order valence-electron chi connectivity index (χ1n) is 46.9. The molecule has 3 aromatic carbocycles. The number of aliphatic hydroxyl groups is 1. The molecular weight excluding hydrogens is 1850 g/mol. The second-order valence-electron chi connectivity index (χ2n) is 36.4. The molecule has 2 unspecified atom stereocenters. The summed E-state index contributed by atoms with van der Waals surface area (Å²) >= 11 is 2.72. The molecule has 5 aliphatic rings. The minimum atomic E-state index is -2.10. The lowest BCUT2D eigenvalue weighted by atomic mass is 9.84. The fourth-order valence-corrected chi connectivity index (χ4v) is 19.2. The predicted molar refractivity (Wildman–Crippen MR) is 511 cm³/mol. The van der Waals surface area contributed by atoms with E-state index < -0.39 is 234 Å². The van der Waals surface area contributed by atoms with E-state index in [9.17, 15) is 78.0 Å². The molecule has 2 spiro atoms. The number of thiophene rings is 2. The lowest BCUT2D eigenvalue weighted by Gasteiger charge is -2.38. The number of nitrogens with zero attached hydrogens (tertiary/aromatic N) is 2. The molecule has 5 aromatic rings. The van der Waals surface area contributed by atoms with Gasteiger partial charge in [0.05, 0.1) is 49.2 Å². The molecule has 21 N–H and O–H groups in total. The highest BCUT2D eigenvalue weighted by atomic mass is 32.1. The maximum absolute atomic E-state index is 15.7. The van der Waals surface area contributed by atoms with E-state index in [-0.39, 0.29) is 159 Å². The highest BCUT2D eigenvalue weighted by Crippen LogP contribution is 2.35.